The number of halogens is 2. The molecule has 1 aliphatic heterocycles. The minimum absolute atomic E-state index is 0. The maximum absolute atomic E-state index is 6.14. The Labute approximate surface area is 171 Å². The molecule has 0 spiro atoms. The summed E-state index contributed by atoms with van der Waals surface area (Å²) in [4.78, 5) is 6.09. The first-order valence-electron chi connectivity index (χ1n) is 7.77. The van der Waals surface area contributed by atoms with E-state index in [1.165, 1.54) is 8.66 Å². The molecule has 1 fully saturated rings. The first-order valence-corrected chi connectivity index (χ1v) is 9.38. The van der Waals surface area contributed by atoms with E-state index >= 15 is 0 Å². The Morgan fingerprint density at radius 3 is 2.92 bits per heavy atom. The molecule has 24 heavy (non-hydrogen) atoms. The molecule has 3 atom stereocenters. The van der Waals surface area contributed by atoms with Crippen molar-refractivity contribution in [2.45, 2.75) is 30.8 Å². The summed E-state index contributed by atoms with van der Waals surface area (Å²) in [5.41, 5.74) is 7.26. The van der Waals surface area contributed by atoms with Gasteiger partial charge in [-0.1, -0.05) is 18.2 Å². The van der Waals surface area contributed by atoms with E-state index in [1.807, 2.05) is 18.2 Å². The molecule has 4 nitrogen and oxygen atoms in total. The number of thiophene rings is 1. The van der Waals surface area contributed by atoms with Gasteiger partial charge in [0.15, 0.2) is 5.96 Å². The maximum Gasteiger partial charge on any atom is 0.189 e. The van der Waals surface area contributed by atoms with E-state index in [1.54, 1.807) is 11.3 Å². The zero-order valence-corrected chi connectivity index (χ0v) is 17.7. The molecule has 0 saturated heterocycles. The van der Waals surface area contributed by atoms with Crippen molar-refractivity contribution in [3.8, 4) is 5.75 Å². The molecule has 128 valence electrons. The fourth-order valence-electron chi connectivity index (χ4n) is 3.05. The van der Waals surface area contributed by atoms with Gasteiger partial charge < -0.3 is 15.8 Å². The van der Waals surface area contributed by atoms with Crippen LogP contribution in [0.2, 0.25) is 0 Å². The molecule has 2 aromatic rings. The first kappa shape index (κ1) is 18.0. The topological polar surface area (TPSA) is 59.6 Å². The lowest BCUT2D eigenvalue weighted by molar-refractivity contribution is 0.269. The summed E-state index contributed by atoms with van der Waals surface area (Å²) in [6, 6.07) is 12.8. The second-order valence-corrected chi connectivity index (χ2v) is 8.43. The standard InChI is InChI=1S/C17H18BrN3OS.HI/c18-16-6-5-15(23-16)11-9-13(11)21-17(19)20-12-7-8-22-14-4-2-1-3-10(12)14;/h1-6,11-13H,7-9H2,(H3,19,20,21);1H/t11-,12?,13-;/m1./s1. The van der Waals surface area contributed by atoms with E-state index in [9.17, 15) is 0 Å². The Morgan fingerprint density at radius 1 is 1.29 bits per heavy atom. The molecule has 1 aromatic heterocycles. The Kier molecular flexibility index (Phi) is 5.71. The van der Waals surface area contributed by atoms with Gasteiger partial charge in [-0.15, -0.1) is 35.3 Å². The number of ether oxygens (including phenoxy) is 1. The highest BCUT2D eigenvalue weighted by Gasteiger charge is 2.40. The van der Waals surface area contributed by atoms with E-state index in [0.29, 0.717) is 24.5 Å². The smallest absolute Gasteiger partial charge is 0.189 e. The molecule has 1 aliphatic carbocycles. The number of guanidine groups is 1. The normalized spacial score (nSPS) is 25.2. The van der Waals surface area contributed by atoms with Crippen LogP contribution in [0.5, 0.6) is 5.75 Å². The molecular formula is C17H19BrIN3OS. The summed E-state index contributed by atoms with van der Waals surface area (Å²) in [5, 5.41) is 3.37. The summed E-state index contributed by atoms with van der Waals surface area (Å²) >= 11 is 5.31. The highest BCUT2D eigenvalue weighted by molar-refractivity contribution is 14.0. The van der Waals surface area contributed by atoms with Gasteiger partial charge in [0.1, 0.15) is 5.75 Å². The summed E-state index contributed by atoms with van der Waals surface area (Å²) < 4.78 is 6.85. The number of aliphatic imine (C=N–C) groups is 1. The molecule has 2 heterocycles. The number of nitrogens with two attached hydrogens (primary N) is 1. The van der Waals surface area contributed by atoms with Gasteiger partial charge in [0.2, 0.25) is 0 Å². The lowest BCUT2D eigenvalue weighted by Crippen LogP contribution is -2.34. The minimum atomic E-state index is 0. The lowest BCUT2D eigenvalue weighted by atomic mass is 10.0. The Hall–Kier alpha value is -0.800. The molecular weight excluding hydrogens is 501 g/mol. The summed E-state index contributed by atoms with van der Waals surface area (Å²) in [6.45, 7) is 0.688. The zero-order chi connectivity index (χ0) is 15.8. The first-order chi connectivity index (χ1) is 11.2. The van der Waals surface area contributed by atoms with Crippen molar-refractivity contribution in [2.24, 2.45) is 10.7 Å². The third-order valence-corrected chi connectivity index (χ3v) is 6.06. The van der Waals surface area contributed by atoms with Crippen LogP contribution in [0.3, 0.4) is 0 Å². The van der Waals surface area contributed by atoms with Crippen LogP contribution in [0.15, 0.2) is 45.2 Å². The van der Waals surface area contributed by atoms with Gasteiger partial charge in [-0.25, -0.2) is 4.99 Å². The van der Waals surface area contributed by atoms with Crippen LogP contribution >= 0.6 is 51.2 Å². The van der Waals surface area contributed by atoms with Gasteiger partial charge >= 0.3 is 0 Å². The van der Waals surface area contributed by atoms with E-state index in [-0.39, 0.29) is 30.0 Å². The lowest BCUT2D eigenvalue weighted by Gasteiger charge is -2.23. The summed E-state index contributed by atoms with van der Waals surface area (Å²) in [5.74, 6) is 2.02. The van der Waals surface area contributed by atoms with Crippen molar-refractivity contribution in [3.05, 3.63) is 50.6 Å². The highest BCUT2D eigenvalue weighted by atomic mass is 127. The number of nitrogens with zero attached hydrogens (tertiary/aromatic N) is 1. The van der Waals surface area contributed by atoms with Crippen molar-refractivity contribution in [1.29, 1.82) is 0 Å². The number of nitrogens with one attached hydrogen (secondary N) is 1. The average molecular weight is 520 g/mol. The van der Waals surface area contributed by atoms with Crippen molar-refractivity contribution in [1.82, 2.24) is 5.32 Å². The monoisotopic (exact) mass is 519 g/mol. The fourth-order valence-corrected chi connectivity index (χ4v) is 4.65. The predicted octanol–water partition coefficient (Wildman–Crippen LogP) is 4.41. The minimum Gasteiger partial charge on any atom is -0.493 e. The van der Waals surface area contributed by atoms with E-state index in [2.05, 4.69) is 44.4 Å². The van der Waals surface area contributed by atoms with Gasteiger partial charge in [-0.2, -0.15) is 0 Å². The van der Waals surface area contributed by atoms with Gasteiger partial charge in [0, 0.05) is 28.8 Å². The molecule has 2 aliphatic rings. The van der Waals surface area contributed by atoms with Crippen molar-refractivity contribution in [2.75, 3.05) is 6.61 Å². The molecule has 3 N–H and O–H groups in total. The van der Waals surface area contributed by atoms with Gasteiger partial charge in [0.05, 0.1) is 16.4 Å². The van der Waals surface area contributed by atoms with Crippen LogP contribution in [0, 0.1) is 0 Å². The number of benzene rings is 1. The summed E-state index contributed by atoms with van der Waals surface area (Å²) in [7, 11) is 0. The second kappa shape index (κ2) is 7.61. The van der Waals surface area contributed by atoms with Crippen molar-refractivity contribution in [3.63, 3.8) is 0 Å². The fraction of sp³-hybridized carbons (Fsp3) is 0.353. The van der Waals surface area contributed by atoms with Crippen LogP contribution in [0.4, 0.5) is 0 Å². The molecule has 7 heteroatoms. The predicted molar refractivity (Wildman–Crippen MR) is 113 cm³/mol. The second-order valence-electron chi connectivity index (χ2n) is 5.94. The molecule has 0 radical (unpaired) electrons. The molecule has 0 bridgehead atoms. The van der Waals surface area contributed by atoms with Crippen molar-refractivity contribution >= 4 is 57.2 Å². The highest BCUT2D eigenvalue weighted by Crippen LogP contribution is 2.44. The van der Waals surface area contributed by atoms with Crippen LogP contribution in [0.25, 0.3) is 0 Å². The van der Waals surface area contributed by atoms with E-state index < -0.39 is 0 Å². The van der Waals surface area contributed by atoms with Gasteiger partial charge in [-0.3, -0.25) is 0 Å². The number of hydrogen-bond donors (Lipinski definition) is 2. The zero-order valence-electron chi connectivity index (χ0n) is 12.9. The van der Waals surface area contributed by atoms with Crippen LogP contribution in [-0.2, 0) is 0 Å². The Bertz CT molecular complexity index is 751. The number of para-hydroxylation sites is 1. The molecule has 4 rings (SSSR count). The third-order valence-electron chi connectivity index (χ3n) is 4.30. The van der Waals surface area contributed by atoms with Crippen LogP contribution in [-0.4, -0.2) is 18.6 Å². The van der Waals surface area contributed by atoms with Crippen LogP contribution < -0.4 is 15.8 Å². The maximum atomic E-state index is 6.14. The SMILES string of the molecule is I.NC(=NC1CCOc2ccccc21)N[C@@H]1C[C@H]1c1ccc(Br)s1. The Balaban J connectivity index is 0.00000169. The molecule has 1 unspecified atom stereocenters. The molecule has 1 aromatic carbocycles. The van der Waals surface area contributed by atoms with E-state index in [4.69, 9.17) is 10.5 Å². The van der Waals surface area contributed by atoms with Crippen molar-refractivity contribution < 1.29 is 4.74 Å². The number of fused-ring (bicyclic) bond motifs is 1. The number of hydrogen-bond acceptors (Lipinski definition) is 3. The summed E-state index contributed by atoms with van der Waals surface area (Å²) in [6.07, 6.45) is 1.99. The number of rotatable bonds is 3. The van der Waals surface area contributed by atoms with Crippen LogP contribution in [0.1, 0.15) is 35.2 Å². The third kappa shape index (κ3) is 3.88. The molecule has 0 amide bonds. The Morgan fingerprint density at radius 2 is 2.12 bits per heavy atom. The molecule has 1 saturated carbocycles. The largest absolute Gasteiger partial charge is 0.493 e. The van der Waals surface area contributed by atoms with E-state index in [0.717, 1.165) is 24.2 Å². The average Bonchev–Trinajstić information content (AvgIpc) is 3.17. The quantitative estimate of drug-likeness (QED) is 0.358. The van der Waals surface area contributed by atoms with Gasteiger partial charge in [-0.05, 0) is 40.5 Å². The van der Waals surface area contributed by atoms with Gasteiger partial charge in [0.25, 0.3) is 0 Å².